The number of ether oxygens (including phenoxy) is 1. The molecule has 0 fully saturated rings. The van der Waals surface area contributed by atoms with E-state index in [9.17, 15) is 5.11 Å². The van der Waals surface area contributed by atoms with E-state index in [1.54, 1.807) is 6.07 Å². The van der Waals surface area contributed by atoms with Gasteiger partial charge < -0.3 is 9.84 Å². The molecule has 1 heterocycles. The zero-order valence-electron chi connectivity index (χ0n) is 11.6. The van der Waals surface area contributed by atoms with Gasteiger partial charge in [-0.25, -0.2) is 0 Å². The van der Waals surface area contributed by atoms with Crippen LogP contribution in [0.4, 0.5) is 0 Å². The molecule has 0 amide bonds. The first-order valence-electron chi connectivity index (χ1n) is 6.78. The molecular formula is C17H17BrO2. The van der Waals surface area contributed by atoms with Crippen molar-refractivity contribution in [1.29, 1.82) is 0 Å². The van der Waals surface area contributed by atoms with Gasteiger partial charge in [-0.05, 0) is 54.3 Å². The highest BCUT2D eigenvalue weighted by Gasteiger charge is 2.27. The largest absolute Gasteiger partial charge is 0.508 e. The van der Waals surface area contributed by atoms with E-state index in [2.05, 4.69) is 35.0 Å². The van der Waals surface area contributed by atoms with Gasteiger partial charge in [-0.15, -0.1) is 0 Å². The Labute approximate surface area is 127 Å². The van der Waals surface area contributed by atoms with Crippen LogP contribution in [0.2, 0.25) is 0 Å². The highest BCUT2D eigenvalue weighted by molar-refractivity contribution is 9.10. The van der Waals surface area contributed by atoms with Gasteiger partial charge in [-0.1, -0.05) is 34.1 Å². The summed E-state index contributed by atoms with van der Waals surface area (Å²) >= 11 is 3.45. The highest BCUT2D eigenvalue weighted by Crippen LogP contribution is 2.40. The fraction of sp³-hybridized carbons (Fsp3) is 0.294. The lowest BCUT2D eigenvalue weighted by Gasteiger charge is -2.32. The van der Waals surface area contributed by atoms with E-state index in [0.717, 1.165) is 16.5 Å². The van der Waals surface area contributed by atoms with Crippen LogP contribution in [0, 0.1) is 6.92 Å². The Balaban J connectivity index is 1.99. The number of phenols is 1. The first-order valence-corrected chi connectivity index (χ1v) is 7.58. The lowest BCUT2D eigenvalue weighted by atomic mass is 9.88. The molecule has 20 heavy (non-hydrogen) atoms. The minimum atomic E-state index is 0.0473. The molecule has 2 aromatic carbocycles. The minimum Gasteiger partial charge on any atom is -0.508 e. The fourth-order valence-electron chi connectivity index (χ4n) is 2.84. The summed E-state index contributed by atoms with van der Waals surface area (Å²) in [5, 5.41) is 9.91. The third-order valence-corrected chi connectivity index (χ3v) is 4.57. The van der Waals surface area contributed by atoms with Crippen LogP contribution in [0.5, 0.6) is 5.75 Å². The van der Waals surface area contributed by atoms with Crippen molar-refractivity contribution in [2.75, 3.05) is 0 Å². The Kier molecular flexibility index (Phi) is 3.57. The fourth-order valence-corrected chi connectivity index (χ4v) is 3.11. The second-order valence-corrected chi connectivity index (χ2v) is 6.22. The lowest BCUT2D eigenvalue weighted by Crippen LogP contribution is -2.19. The number of halogens is 1. The standard InChI is InChI=1S/C17H17BrO2/c1-10-15-9-17(12-3-5-13(18)6-4-12)20-11(2)14(15)7-8-16(10)19/h3-8,11,17,19H,9H2,1-2H3. The van der Waals surface area contributed by atoms with E-state index in [0.29, 0.717) is 5.75 Å². The number of benzene rings is 2. The summed E-state index contributed by atoms with van der Waals surface area (Å²) in [6.45, 7) is 4.05. The van der Waals surface area contributed by atoms with Crippen LogP contribution in [0.1, 0.15) is 41.4 Å². The van der Waals surface area contributed by atoms with Gasteiger partial charge in [-0.3, -0.25) is 0 Å². The van der Waals surface area contributed by atoms with Crippen LogP contribution in [0.15, 0.2) is 40.9 Å². The molecule has 0 bridgehead atoms. The van der Waals surface area contributed by atoms with Crippen molar-refractivity contribution in [2.45, 2.75) is 32.5 Å². The van der Waals surface area contributed by atoms with Crippen molar-refractivity contribution >= 4 is 15.9 Å². The van der Waals surface area contributed by atoms with Gasteiger partial charge in [-0.2, -0.15) is 0 Å². The minimum absolute atomic E-state index is 0.0473. The maximum Gasteiger partial charge on any atom is 0.118 e. The Hall–Kier alpha value is -1.32. The molecule has 3 heteroatoms. The molecular weight excluding hydrogens is 316 g/mol. The molecule has 1 N–H and O–H groups in total. The molecule has 0 radical (unpaired) electrons. The molecule has 1 aliphatic rings. The quantitative estimate of drug-likeness (QED) is 0.809. The molecule has 104 valence electrons. The van der Waals surface area contributed by atoms with E-state index in [1.807, 2.05) is 25.1 Å². The van der Waals surface area contributed by atoms with E-state index in [4.69, 9.17) is 4.74 Å². The monoisotopic (exact) mass is 332 g/mol. The van der Waals surface area contributed by atoms with Gasteiger partial charge in [0.25, 0.3) is 0 Å². The first-order chi connectivity index (χ1) is 9.56. The van der Waals surface area contributed by atoms with Gasteiger partial charge in [0.1, 0.15) is 5.75 Å². The second kappa shape index (κ2) is 5.23. The number of phenolic OH excluding ortho intramolecular Hbond substituents is 1. The van der Waals surface area contributed by atoms with E-state index < -0.39 is 0 Å². The SMILES string of the molecule is Cc1c(O)ccc2c1CC(c1ccc(Br)cc1)OC2C. The van der Waals surface area contributed by atoms with Crippen molar-refractivity contribution in [3.05, 3.63) is 63.1 Å². The highest BCUT2D eigenvalue weighted by atomic mass is 79.9. The molecule has 0 saturated heterocycles. The van der Waals surface area contributed by atoms with Crippen LogP contribution in [0.25, 0.3) is 0 Å². The average Bonchev–Trinajstić information content (AvgIpc) is 2.44. The molecule has 0 aliphatic carbocycles. The lowest BCUT2D eigenvalue weighted by molar-refractivity contribution is -0.0174. The predicted octanol–water partition coefficient (Wildman–Crippen LogP) is 4.84. The second-order valence-electron chi connectivity index (χ2n) is 5.30. The van der Waals surface area contributed by atoms with Gasteiger partial charge in [0.15, 0.2) is 0 Å². The van der Waals surface area contributed by atoms with E-state index >= 15 is 0 Å². The van der Waals surface area contributed by atoms with Crippen LogP contribution >= 0.6 is 15.9 Å². The third-order valence-electron chi connectivity index (χ3n) is 4.04. The van der Waals surface area contributed by atoms with Crippen molar-refractivity contribution in [3.63, 3.8) is 0 Å². The zero-order valence-corrected chi connectivity index (χ0v) is 13.1. The van der Waals surface area contributed by atoms with Crippen molar-refractivity contribution < 1.29 is 9.84 Å². The Morgan fingerprint density at radius 2 is 1.85 bits per heavy atom. The molecule has 2 unspecified atom stereocenters. The molecule has 2 aromatic rings. The van der Waals surface area contributed by atoms with Crippen LogP contribution in [0.3, 0.4) is 0 Å². The first kappa shape index (κ1) is 13.7. The Morgan fingerprint density at radius 3 is 2.55 bits per heavy atom. The van der Waals surface area contributed by atoms with Crippen LogP contribution < -0.4 is 0 Å². The summed E-state index contributed by atoms with van der Waals surface area (Å²) in [6, 6.07) is 12.0. The van der Waals surface area contributed by atoms with Crippen molar-refractivity contribution in [2.24, 2.45) is 0 Å². The molecule has 2 atom stereocenters. The molecule has 1 aliphatic heterocycles. The van der Waals surface area contributed by atoms with Crippen LogP contribution in [-0.2, 0) is 11.2 Å². The summed E-state index contributed by atoms with van der Waals surface area (Å²) in [7, 11) is 0. The Bertz CT molecular complexity index is 634. The summed E-state index contributed by atoms with van der Waals surface area (Å²) in [6.07, 6.45) is 0.902. The van der Waals surface area contributed by atoms with Crippen molar-refractivity contribution in [3.8, 4) is 5.75 Å². The molecule has 2 nitrogen and oxygen atoms in total. The summed E-state index contributed by atoms with van der Waals surface area (Å²) in [4.78, 5) is 0. The predicted molar refractivity (Wildman–Crippen MR) is 82.9 cm³/mol. The van der Waals surface area contributed by atoms with Crippen molar-refractivity contribution in [1.82, 2.24) is 0 Å². The molecule has 0 saturated carbocycles. The Morgan fingerprint density at radius 1 is 1.15 bits per heavy atom. The van der Waals surface area contributed by atoms with Gasteiger partial charge in [0, 0.05) is 10.9 Å². The van der Waals surface area contributed by atoms with Gasteiger partial charge in [0.2, 0.25) is 0 Å². The zero-order chi connectivity index (χ0) is 14.3. The number of fused-ring (bicyclic) bond motifs is 1. The number of rotatable bonds is 1. The smallest absolute Gasteiger partial charge is 0.118 e. The number of hydrogen-bond donors (Lipinski definition) is 1. The summed E-state index contributed by atoms with van der Waals surface area (Å²) in [5.74, 6) is 0.368. The van der Waals surface area contributed by atoms with Crippen LogP contribution in [-0.4, -0.2) is 5.11 Å². The van der Waals surface area contributed by atoms with Gasteiger partial charge in [0.05, 0.1) is 12.2 Å². The van der Waals surface area contributed by atoms with Gasteiger partial charge >= 0.3 is 0 Å². The normalized spacial score (nSPS) is 21.6. The summed E-state index contributed by atoms with van der Waals surface area (Å²) in [5.41, 5.74) is 4.55. The molecule has 0 aromatic heterocycles. The topological polar surface area (TPSA) is 29.5 Å². The average molecular weight is 333 g/mol. The maximum absolute atomic E-state index is 9.91. The van der Waals surface area contributed by atoms with E-state index in [-0.39, 0.29) is 12.2 Å². The van der Waals surface area contributed by atoms with E-state index in [1.165, 1.54) is 16.7 Å². The number of aromatic hydroxyl groups is 1. The molecule has 0 spiro atoms. The maximum atomic E-state index is 9.91. The molecule has 3 rings (SSSR count). The third kappa shape index (κ3) is 2.36. The summed E-state index contributed by atoms with van der Waals surface area (Å²) < 4.78 is 7.21. The number of hydrogen-bond acceptors (Lipinski definition) is 2.